The number of halogens is 1. The smallest absolute Gasteiger partial charge is 0.337 e. The highest BCUT2D eigenvalue weighted by Crippen LogP contribution is 2.47. The lowest BCUT2D eigenvalue weighted by Crippen LogP contribution is -2.51. The Labute approximate surface area is 248 Å². The van der Waals surface area contributed by atoms with Crippen LogP contribution in [0.4, 0.5) is 5.69 Å². The highest BCUT2D eigenvalue weighted by molar-refractivity contribution is 6.30. The fraction of sp³-hybridized carbons (Fsp3) is 0.606. The van der Waals surface area contributed by atoms with Crippen LogP contribution < -0.4 is 9.64 Å². The summed E-state index contributed by atoms with van der Waals surface area (Å²) < 4.78 is 23.9. The quantitative estimate of drug-likeness (QED) is 0.427. The zero-order valence-electron chi connectivity index (χ0n) is 24.1. The summed E-state index contributed by atoms with van der Waals surface area (Å²) in [5, 5.41) is 10.5. The number of nitrogens with zero attached hydrogens (tertiary/aromatic N) is 1. The van der Waals surface area contributed by atoms with Crippen LogP contribution in [0.3, 0.4) is 0 Å². The van der Waals surface area contributed by atoms with Gasteiger partial charge >= 0.3 is 5.97 Å². The van der Waals surface area contributed by atoms with Crippen molar-refractivity contribution in [2.45, 2.75) is 75.6 Å². The molecule has 41 heavy (non-hydrogen) atoms. The molecule has 6 atom stereocenters. The standard InChI is InChI=1S/C33H42ClNO6/c1-21(36)18-40-26-11-13-39-31(16-26)27-8-5-24(27)17-35-19-33(12-3-4-22-14-25(34)7-9-28(22)33)20-41-30-10-6-23(15-29(30)35)32(37)38-2/h6-7,9-10,14-15,21,24,26-27,31,36H,3-5,8,11-13,16-20H2,1-2H3/t21-,24-,26+,27+,31+,33-/m0/s1. The second kappa shape index (κ2) is 12.1. The molecule has 0 amide bonds. The molecule has 4 aliphatic rings. The Balaban J connectivity index is 1.28. The molecule has 2 aliphatic carbocycles. The summed E-state index contributed by atoms with van der Waals surface area (Å²) in [5.41, 5.74) is 3.97. The lowest BCUT2D eigenvalue weighted by Gasteiger charge is -2.47. The SMILES string of the molecule is COC(=O)c1ccc2c(c1)N(C[C@@H]1CC[C@H]1[C@H]1C[C@H](OC[C@H](C)O)CCO1)C[C@@]1(CCCc3cc(Cl)ccc31)CO2. The van der Waals surface area contributed by atoms with E-state index >= 15 is 0 Å². The van der Waals surface area contributed by atoms with Crippen LogP contribution >= 0.6 is 11.6 Å². The van der Waals surface area contributed by atoms with E-state index in [1.54, 1.807) is 13.0 Å². The lowest BCUT2D eigenvalue weighted by atomic mass is 9.67. The van der Waals surface area contributed by atoms with Gasteiger partial charge in [0.05, 0.1) is 49.9 Å². The van der Waals surface area contributed by atoms with Gasteiger partial charge in [-0.05, 0) is 98.7 Å². The second-order valence-electron chi connectivity index (χ2n) is 12.5. The minimum absolute atomic E-state index is 0.133. The molecule has 0 aromatic heterocycles. The number of methoxy groups -OCH3 is 1. The number of ether oxygens (including phenoxy) is 4. The molecular weight excluding hydrogens is 542 g/mol. The van der Waals surface area contributed by atoms with Crippen molar-refractivity contribution in [3.63, 3.8) is 0 Å². The molecule has 0 radical (unpaired) electrons. The summed E-state index contributed by atoms with van der Waals surface area (Å²) in [5.74, 6) is 1.39. The average molecular weight is 584 g/mol. The summed E-state index contributed by atoms with van der Waals surface area (Å²) in [7, 11) is 1.42. The minimum Gasteiger partial charge on any atom is -0.490 e. The van der Waals surface area contributed by atoms with E-state index in [1.165, 1.54) is 18.2 Å². The summed E-state index contributed by atoms with van der Waals surface area (Å²) in [6.45, 7) is 5.10. The first-order valence-electron chi connectivity index (χ1n) is 15.2. The van der Waals surface area contributed by atoms with Crippen LogP contribution in [-0.4, -0.2) is 69.4 Å². The third kappa shape index (κ3) is 5.96. The van der Waals surface area contributed by atoms with E-state index in [9.17, 15) is 9.90 Å². The van der Waals surface area contributed by atoms with Crippen molar-refractivity contribution < 1.29 is 28.8 Å². The first kappa shape index (κ1) is 28.8. The van der Waals surface area contributed by atoms with E-state index in [4.69, 9.17) is 30.5 Å². The molecular formula is C33H42ClNO6. The van der Waals surface area contributed by atoms with Crippen LogP contribution in [0.15, 0.2) is 36.4 Å². The van der Waals surface area contributed by atoms with Gasteiger partial charge in [0.25, 0.3) is 0 Å². The largest absolute Gasteiger partial charge is 0.490 e. The van der Waals surface area contributed by atoms with Gasteiger partial charge in [-0.3, -0.25) is 0 Å². The molecule has 2 aromatic carbocycles. The van der Waals surface area contributed by atoms with Gasteiger partial charge in [0.2, 0.25) is 0 Å². The zero-order valence-corrected chi connectivity index (χ0v) is 24.9. The van der Waals surface area contributed by atoms with Gasteiger partial charge in [0.15, 0.2) is 0 Å². The highest BCUT2D eigenvalue weighted by atomic mass is 35.5. The molecule has 1 saturated carbocycles. The van der Waals surface area contributed by atoms with Crippen molar-refractivity contribution in [3.8, 4) is 5.75 Å². The number of carbonyl (C=O) groups is 1. The van der Waals surface area contributed by atoms with Crippen LogP contribution in [0.2, 0.25) is 5.02 Å². The van der Waals surface area contributed by atoms with E-state index in [0.717, 1.165) is 74.5 Å². The Kier molecular flexibility index (Phi) is 8.51. The number of benzene rings is 2. The van der Waals surface area contributed by atoms with Crippen LogP contribution in [0, 0.1) is 11.8 Å². The average Bonchev–Trinajstić information content (AvgIpc) is 3.11. The Morgan fingerprint density at radius 3 is 2.88 bits per heavy atom. The number of anilines is 1. The third-order valence-electron chi connectivity index (χ3n) is 9.71. The Morgan fingerprint density at radius 1 is 1.22 bits per heavy atom. The summed E-state index contributed by atoms with van der Waals surface area (Å²) in [6.07, 6.45) is 7.03. The van der Waals surface area contributed by atoms with E-state index in [-0.39, 0.29) is 23.6 Å². The number of esters is 1. The van der Waals surface area contributed by atoms with Gasteiger partial charge in [0, 0.05) is 36.6 Å². The predicted molar refractivity (Wildman–Crippen MR) is 158 cm³/mol. The number of carbonyl (C=O) groups excluding carboxylic acids is 1. The van der Waals surface area contributed by atoms with Crippen LogP contribution in [0.1, 0.15) is 66.9 Å². The molecule has 2 heterocycles. The molecule has 1 N–H and O–H groups in total. The third-order valence-corrected chi connectivity index (χ3v) is 9.94. The molecule has 1 spiro atoms. The zero-order chi connectivity index (χ0) is 28.6. The Hall–Kier alpha value is -2.32. The fourth-order valence-electron chi connectivity index (χ4n) is 7.47. The first-order chi connectivity index (χ1) is 19.8. The van der Waals surface area contributed by atoms with Crippen molar-refractivity contribution >= 4 is 23.3 Å². The number of hydrogen-bond donors (Lipinski definition) is 1. The summed E-state index contributed by atoms with van der Waals surface area (Å²) in [6, 6.07) is 12.0. The number of aryl methyl sites for hydroxylation is 1. The normalized spacial score (nSPS) is 29.9. The van der Waals surface area contributed by atoms with Crippen molar-refractivity contribution in [2.75, 3.05) is 44.9 Å². The number of fused-ring (bicyclic) bond motifs is 3. The molecule has 8 heteroatoms. The van der Waals surface area contributed by atoms with Gasteiger partial charge in [-0.1, -0.05) is 17.7 Å². The van der Waals surface area contributed by atoms with E-state index in [0.29, 0.717) is 37.2 Å². The summed E-state index contributed by atoms with van der Waals surface area (Å²) in [4.78, 5) is 15.0. The highest BCUT2D eigenvalue weighted by Gasteiger charge is 2.45. The van der Waals surface area contributed by atoms with Gasteiger partial charge < -0.3 is 29.0 Å². The van der Waals surface area contributed by atoms with Gasteiger partial charge in [-0.2, -0.15) is 0 Å². The first-order valence-corrected chi connectivity index (χ1v) is 15.5. The Morgan fingerprint density at radius 2 is 2.10 bits per heavy atom. The predicted octanol–water partition coefficient (Wildman–Crippen LogP) is 5.57. The Bertz CT molecular complexity index is 1250. The van der Waals surface area contributed by atoms with Crippen molar-refractivity contribution in [1.29, 1.82) is 0 Å². The number of aliphatic hydroxyl groups is 1. The molecule has 0 bridgehead atoms. The fourth-order valence-corrected chi connectivity index (χ4v) is 7.67. The number of hydrogen-bond acceptors (Lipinski definition) is 7. The topological polar surface area (TPSA) is 77.5 Å². The van der Waals surface area contributed by atoms with Gasteiger partial charge in [-0.25, -0.2) is 4.79 Å². The molecule has 0 unspecified atom stereocenters. The molecule has 7 nitrogen and oxygen atoms in total. The van der Waals surface area contributed by atoms with Crippen molar-refractivity contribution in [1.82, 2.24) is 0 Å². The monoisotopic (exact) mass is 583 g/mol. The lowest BCUT2D eigenvalue weighted by molar-refractivity contribution is -0.124. The van der Waals surface area contributed by atoms with Crippen molar-refractivity contribution in [3.05, 3.63) is 58.1 Å². The van der Waals surface area contributed by atoms with Gasteiger partial charge in [0.1, 0.15) is 5.75 Å². The maximum atomic E-state index is 12.5. The van der Waals surface area contributed by atoms with E-state index in [2.05, 4.69) is 17.0 Å². The van der Waals surface area contributed by atoms with Gasteiger partial charge in [-0.15, -0.1) is 0 Å². The van der Waals surface area contributed by atoms with E-state index < -0.39 is 6.10 Å². The van der Waals surface area contributed by atoms with Crippen LogP contribution in [0.5, 0.6) is 5.75 Å². The number of aliphatic hydroxyl groups excluding tert-OH is 1. The van der Waals surface area contributed by atoms with Crippen LogP contribution in [0.25, 0.3) is 0 Å². The minimum atomic E-state index is -0.457. The summed E-state index contributed by atoms with van der Waals surface area (Å²) >= 11 is 6.41. The van der Waals surface area contributed by atoms with Crippen molar-refractivity contribution in [2.24, 2.45) is 11.8 Å². The van der Waals surface area contributed by atoms with Crippen LogP contribution in [-0.2, 0) is 26.0 Å². The van der Waals surface area contributed by atoms with E-state index in [1.807, 2.05) is 18.2 Å². The molecule has 2 aliphatic heterocycles. The molecule has 2 aromatic rings. The maximum absolute atomic E-state index is 12.5. The molecule has 222 valence electrons. The molecule has 2 fully saturated rings. The maximum Gasteiger partial charge on any atom is 0.337 e. The molecule has 6 rings (SSSR count). The molecule has 1 saturated heterocycles. The number of rotatable bonds is 7. The second-order valence-corrected chi connectivity index (χ2v) is 13.0.